The molecular formula is C23H17N. The van der Waals surface area contributed by atoms with Crippen molar-refractivity contribution < 1.29 is 0 Å². The van der Waals surface area contributed by atoms with Gasteiger partial charge in [0.2, 0.25) is 0 Å². The van der Waals surface area contributed by atoms with Gasteiger partial charge in [-0.1, -0.05) is 66.7 Å². The number of nitrogens with one attached hydrogen (secondary N) is 1. The van der Waals surface area contributed by atoms with Crippen molar-refractivity contribution in [3.05, 3.63) is 95.6 Å². The fourth-order valence-corrected chi connectivity index (χ4v) is 3.59. The molecule has 5 rings (SSSR count). The molecule has 0 atom stereocenters. The summed E-state index contributed by atoms with van der Waals surface area (Å²) in [4.78, 5) is 3.57. The number of H-pyrrole nitrogens is 1. The molecule has 1 nitrogen and oxygen atoms in total. The van der Waals surface area contributed by atoms with Gasteiger partial charge in [-0.3, -0.25) is 0 Å². The molecule has 1 aromatic heterocycles. The topological polar surface area (TPSA) is 15.8 Å². The minimum absolute atomic E-state index is 1.02. The molecule has 0 spiro atoms. The predicted octanol–water partition coefficient (Wildman–Crippen LogP) is 5.93. The Bertz CT molecular complexity index is 1050. The summed E-state index contributed by atoms with van der Waals surface area (Å²) in [6, 6.07) is 28.0. The molecule has 1 heterocycles. The summed E-state index contributed by atoms with van der Waals surface area (Å²) in [6.07, 6.45) is 3.34. The molecular weight excluding hydrogens is 290 g/mol. The molecule has 24 heavy (non-hydrogen) atoms. The van der Waals surface area contributed by atoms with Crippen LogP contribution in [0.5, 0.6) is 0 Å². The van der Waals surface area contributed by atoms with Gasteiger partial charge in [-0.25, -0.2) is 0 Å². The average Bonchev–Trinajstić information content (AvgIpc) is 3.24. The lowest BCUT2D eigenvalue weighted by Crippen LogP contribution is -1.85. The Morgan fingerprint density at radius 1 is 0.708 bits per heavy atom. The molecule has 0 aliphatic heterocycles. The smallest absolute Gasteiger partial charge is 0.0464 e. The average molecular weight is 307 g/mol. The maximum atomic E-state index is 3.57. The van der Waals surface area contributed by atoms with Crippen LogP contribution < -0.4 is 0 Å². The van der Waals surface area contributed by atoms with Crippen molar-refractivity contribution in [2.45, 2.75) is 6.42 Å². The van der Waals surface area contributed by atoms with E-state index in [9.17, 15) is 0 Å². The zero-order valence-corrected chi connectivity index (χ0v) is 13.3. The molecule has 1 heteroatoms. The monoisotopic (exact) mass is 307 g/mol. The largest absolute Gasteiger partial charge is 0.355 e. The first-order chi connectivity index (χ1) is 11.9. The Labute approximate surface area is 141 Å². The summed E-state index contributed by atoms with van der Waals surface area (Å²) in [7, 11) is 0. The van der Waals surface area contributed by atoms with E-state index >= 15 is 0 Å². The van der Waals surface area contributed by atoms with Gasteiger partial charge < -0.3 is 4.98 Å². The predicted molar refractivity (Wildman–Crippen MR) is 102 cm³/mol. The van der Waals surface area contributed by atoms with Crippen LogP contribution in [0, 0.1) is 0 Å². The lowest BCUT2D eigenvalue weighted by Gasteiger charge is -2.01. The highest BCUT2D eigenvalue weighted by atomic mass is 14.7. The molecule has 0 unspecified atom stereocenters. The number of allylic oxidation sites excluding steroid dienone is 1. The highest BCUT2D eigenvalue weighted by molar-refractivity contribution is 5.95. The number of rotatable bonds is 2. The van der Waals surface area contributed by atoms with E-state index in [2.05, 4.69) is 89.9 Å². The van der Waals surface area contributed by atoms with Crippen LogP contribution in [0.25, 0.3) is 33.8 Å². The molecule has 0 radical (unpaired) electrons. The summed E-state index contributed by atoms with van der Waals surface area (Å²) in [6.45, 7) is 0. The van der Waals surface area contributed by atoms with E-state index in [1.54, 1.807) is 0 Å². The van der Waals surface area contributed by atoms with E-state index in [-0.39, 0.29) is 0 Å². The van der Waals surface area contributed by atoms with Gasteiger partial charge in [0.1, 0.15) is 0 Å². The number of hydrogen-bond acceptors (Lipinski definition) is 0. The fraction of sp³-hybridized carbons (Fsp3) is 0.0435. The Morgan fingerprint density at radius 2 is 1.42 bits per heavy atom. The first-order valence-electron chi connectivity index (χ1n) is 8.34. The Hall–Kier alpha value is -3.06. The molecule has 114 valence electrons. The normalized spacial score (nSPS) is 13.1. The molecule has 3 aromatic carbocycles. The zero-order valence-electron chi connectivity index (χ0n) is 13.3. The third-order valence-electron chi connectivity index (χ3n) is 4.82. The van der Waals surface area contributed by atoms with Crippen LogP contribution in [-0.2, 0) is 6.42 Å². The number of benzene rings is 3. The summed E-state index contributed by atoms with van der Waals surface area (Å²) in [5, 5.41) is 1.29. The maximum absolute atomic E-state index is 3.57. The van der Waals surface area contributed by atoms with Crippen molar-refractivity contribution in [1.29, 1.82) is 0 Å². The SMILES string of the molecule is C1=C(c2ccccc2)Cc2cc3cc(-c4ccccc4)[nH]c3cc21. The molecule has 0 bridgehead atoms. The summed E-state index contributed by atoms with van der Waals surface area (Å²) in [5.41, 5.74) is 9.10. The standard InChI is InChI=1S/C23H17N/c1-3-7-16(8-4-1)18-11-19-13-21-15-22(17-9-5-2-6-10-17)24-23(21)14-20(19)12-18/h1-10,12-15,24H,11H2. The van der Waals surface area contributed by atoms with Crippen molar-refractivity contribution >= 4 is 22.6 Å². The van der Waals surface area contributed by atoms with Crippen molar-refractivity contribution in [3.63, 3.8) is 0 Å². The van der Waals surface area contributed by atoms with E-state index in [4.69, 9.17) is 0 Å². The minimum Gasteiger partial charge on any atom is -0.355 e. The molecule has 1 aliphatic carbocycles. The van der Waals surface area contributed by atoms with Crippen molar-refractivity contribution in [2.75, 3.05) is 0 Å². The van der Waals surface area contributed by atoms with Crippen LogP contribution in [0.15, 0.2) is 78.9 Å². The van der Waals surface area contributed by atoms with Crippen LogP contribution in [0.4, 0.5) is 0 Å². The Morgan fingerprint density at radius 3 is 2.17 bits per heavy atom. The van der Waals surface area contributed by atoms with Gasteiger partial charge in [0.25, 0.3) is 0 Å². The molecule has 1 N–H and O–H groups in total. The second kappa shape index (κ2) is 5.24. The van der Waals surface area contributed by atoms with E-state index in [0.717, 1.165) is 6.42 Å². The Kier molecular flexibility index (Phi) is 2.92. The lowest BCUT2D eigenvalue weighted by atomic mass is 10.0. The minimum atomic E-state index is 1.02. The molecule has 4 aromatic rings. The summed E-state index contributed by atoms with van der Waals surface area (Å²) < 4.78 is 0. The van der Waals surface area contributed by atoms with Gasteiger partial charge >= 0.3 is 0 Å². The molecule has 0 fully saturated rings. The Balaban J connectivity index is 1.58. The van der Waals surface area contributed by atoms with Gasteiger partial charge in [0.15, 0.2) is 0 Å². The van der Waals surface area contributed by atoms with Crippen molar-refractivity contribution in [1.82, 2.24) is 4.98 Å². The number of aromatic amines is 1. The first-order valence-corrected chi connectivity index (χ1v) is 8.34. The van der Waals surface area contributed by atoms with Gasteiger partial charge in [-0.15, -0.1) is 0 Å². The van der Waals surface area contributed by atoms with E-state index < -0.39 is 0 Å². The van der Waals surface area contributed by atoms with E-state index in [1.165, 1.54) is 44.4 Å². The number of hydrogen-bond donors (Lipinski definition) is 1. The van der Waals surface area contributed by atoms with Crippen LogP contribution in [0.1, 0.15) is 16.7 Å². The molecule has 0 saturated carbocycles. The van der Waals surface area contributed by atoms with Gasteiger partial charge in [-0.05, 0) is 52.4 Å². The third kappa shape index (κ3) is 2.17. The maximum Gasteiger partial charge on any atom is 0.0464 e. The lowest BCUT2D eigenvalue weighted by molar-refractivity contribution is 1.33. The van der Waals surface area contributed by atoms with Crippen molar-refractivity contribution in [3.8, 4) is 11.3 Å². The van der Waals surface area contributed by atoms with Gasteiger partial charge in [0.05, 0.1) is 0 Å². The fourth-order valence-electron chi connectivity index (χ4n) is 3.59. The van der Waals surface area contributed by atoms with Crippen LogP contribution in [0.3, 0.4) is 0 Å². The van der Waals surface area contributed by atoms with Gasteiger partial charge in [0, 0.05) is 16.6 Å². The van der Waals surface area contributed by atoms with E-state index in [1.807, 2.05) is 0 Å². The van der Waals surface area contributed by atoms with Crippen LogP contribution in [0.2, 0.25) is 0 Å². The molecule has 0 amide bonds. The highest BCUT2D eigenvalue weighted by Gasteiger charge is 2.16. The van der Waals surface area contributed by atoms with Crippen molar-refractivity contribution in [2.24, 2.45) is 0 Å². The quantitative estimate of drug-likeness (QED) is 0.472. The zero-order chi connectivity index (χ0) is 15.9. The van der Waals surface area contributed by atoms with E-state index in [0.29, 0.717) is 0 Å². The highest BCUT2D eigenvalue weighted by Crippen LogP contribution is 2.35. The second-order valence-corrected chi connectivity index (χ2v) is 6.40. The molecule has 1 aliphatic rings. The second-order valence-electron chi connectivity index (χ2n) is 6.40. The van der Waals surface area contributed by atoms with Gasteiger partial charge in [-0.2, -0.15) is 0 Å². The van der Waals surface area contributed by atoms with Crippen LogP contribution >= 0.6 is 0 Å². The molecule has 0 saturated heterocycles. The summed E-state index contributed by atoms with van der Waals surface area (Å²) in [5.74, 6) is 0. The number of fused-ring (bicyclic) bond motifs is 2. The third-order valence-corrected chi connectivity index (χ3v) is 4.82. The summed E-state index contributed by atoms with van der Waals surface area (Å²) >= 11 is 0. The van der Waals surface area contributed by atoms with Crippen LogP contribution in [-0.4, -0.2) is 4.98 Å². The first kappa shape index (κ1) is 13.4. The number of aromatic nitrogens is 1.